The summed E-state index contributed by atoms with van der Waals surface area (Å²) in [6, 6.07) is 22.1. The fraction of sp³-hybridized carbons (Fsp3) is 0.269. The van der Waals surface area contributed by atoms with E-state index in [4.69, 9.17) is 0 Å². The fourth-order valence-corrected chi connectivity index (χ4v) is 5.98. The number of nitrogens with zero attached hydrogens (tertiary/aromatic N) is 1. The summed E-state index contributed by atoms with van der Waals surface area (Å²) in [7, 11) is -3.73. The van der Waals surface area contributed by atoms with Gasteiger partial charge >= 0.3 is 0 Å². The molecule has 33 heavy (non-hydrogen) atoms. The van der Waals surface area contributed by atoms with E-state index in [9.17, 15) is 13.2 Å². The Bertz CT molecular complexity index is 1260. The zero-order valence-electron chi connectivity index (χ0n) is 19.2. The highest BCUT2D eigenvalue weighted by atomic mass is 32.2. The summed E-state index contributed by atoms with van der Waals surface area (Å²) in [6.07, 6.45) is 0. The Kier molecular flexibility index (Phi) is 6.29. The molecule has 1 saturated heterocycles. The number of thioether (sulfide) groups is 1. The van der Waals surface area contributed by atoms with Crippen molar-refractivity contribution in [3.05, 3.63) is 89.5 Å². The van der Waals surface area contributed by atoms with Crippen molar-refractivity contribution in [1.82, 2.24) is 0 Å². The van der Waals surface area contributed by atoms with E-state index in [1.807, 2.05) is 55.5 Å². The summed E-state index contributed by atoms with van der Waals surface area (Å²) in [6.45, 7) is 8.28. The first kappa shape index (κ1) is 23.4. The van der Waals surface area contributed by atoms with Crippen LogP contribution in [0.5, 0.6) is 0 Å². The summed E-state index contributed by atoms with van der Waals surface area (Å²) in [5, 5.41) is -0.212. The predicted octanol–water partition coefficient (Wildman–Crippen LogP) is 5.87. The first-order valence-electron chi connectivity index (χ1n) is 10.8. The number of sulfonamides is 1. The first-order valence-corrected chi connectivity index (χ1v) is 13.3. The predicted molar refractivity (Wildman–Crippen MR) is 136 cm³/mol. The number of carbonyl (C=O) groups is 1. The van der Waals surface area contributed by atoms with E-state index < -0.39 is 10.0 Å². The number of hydrogen-bond acceptors (Lipinski definition) is 4. The number of amides is 1. The number of carbonyl (C=O) groups excluding carboxylic acids is 1. The van der Waals surface area contributed by atoms with Gasteiger partial charge in [0.25, 0.3) is 10.0 Å². The van der Waals surface area contributed by atoms with Crippen LogP contribution in [0, 0.1) is 6.92 Å². The van der Waals surface area contributed by atoms with Crippen LogP contribution < -0.4 is 9.62 Å². The van der Waals surface area contributed by atoms with Gasteiger partial charge in [0.1, 0.15) is 5.37 Å². The minimum atomic E-state index is -3.73. The Morgan fingerprint density at radius 1 is 0.970 bits per heavy atom. The lowest BCUT2D eigenvalue weighted by atomic mass is 9.87. The molecule has 0 saturated carbocycles. The van der Waals surface area contributed by atoms with Crippen LogP contribution in [0.3, 0.4) is 0 Å². The van der Waals surface area contributed by atoms with E-state index in [-0.39, 0.29) is 21.6 Å². The lowest BCUT2D eigenvalue weighted by Crippen LogP contribution is -2.27. The Labute approximate surface area is 200 Å². The van der Waals surface area contributed by atoms with Gasteiger partial charge in [-0.05, 0) is 59.9 Å². The maximum Gasteiger partial charge on any atom is 0.261 e. The van der Waals surface area contributed by atoms with E-state index >= 15 is 0 Å². The van der Waals surface area contributed by atoms with Gasteiger partial charge in [-0.1, -0.05) is 62.7 Å². The van der Waals surface area contributed by atoms with Crippen molar-refractivity contribution in [2.75, 3.05) is 15.4 Å². The van der Waals surface area contributed by atoms with Gasteiger partial charge in [-0.25, -0.2) is 8.42 Å². The van der Waals surface area contributed by atoms with Crippen LogP contribution in [0.15, 0.2) is 77.7 Å². The second-order valence-corrected chi connectivity index (χ2v) is 12.0. The third-order valence-corrected chi connectivity index (χ3v) is 8.24. The molecule has 0 radical (unpaired) electrons. The fourth-order valence-electron chi connectivity index (χ4n) is 3.76. The molecule has 1 unspecified atom stereocenters. The summed E-state index contributed by atoms with van der Waals surface area (Å²) in [5.41, 5.74) is 4.32. The maximum atomic E-state index is 13.0. The summed E-state index contributed by atoms with van der Waals surface area (Å²) in [5.74, 6) is 0.424. The van der Waals surface area contributed by atoms with Crippen molar-refractivity contribution < 1.29 is 13.2 Å². The van der Waals surface area contributed by atoms with E-state index in [1.165, 1.54) is 11.8 Å². The molecule has 3 aromatic rings. The molecule has 0 bridgehead atoms. The number of benzene rings is 3. The second kappa shape index (κ2) is 8.88. The van der Waals surface area contributed by atoms with Crippen LogP contribution in [-0.2, 0) is 20.2 Å². The minimum Gasteiger partial charge on any atom is -0.295 e. The molecular weight excluding hydrogens is 452 g/mol. The van der Waals surface area contributed by atoms with Crippen molar-refractivity contribution in [3.63, 3.8) is 0 Å². The van der Waals surface area contributed by atoms with Gasteiger partial charge in [0, 0.05) is 11.4 Å². The molecule has 7 heteroatoms. The number of aryl methyl sites for hydroxylation is 1. The molecule has 1 atom stereocenters. The van der Waals surface area contributed by atoms with E-state index in [1.54, 1.807) is 29.2 Å². The highest BCUT2D eigenvalue weighted by Crippen LogP contribution is 2.42. The van der Waals surface area contributed by atoms with E-state index in [0.29, 0.717) is 11.4 Å². The molecule has 1 aliphatic rings. The smallest absolute Gasteiger partial charge is 0.261 e. The van der Waals surface area contributed by atoms with Crippen LogP contribution >= 0.6 is 11.8 Å². The average Bonchev–Trinajstić information content (AvgIpc) is 3.15. The zero-order chi connectivity index (χ0) is 23.8. The van der Waals surface area contributed by atoms with Crippen LogP contribution in [0.1, 0.15) is 42.8 Å². The Morgan fingerprint density at radius 3 is 2.27 bits per heavy atom. The Morgan fingerprint density at radius 2 is 1.64 bits per heavy atom. The number of hydrogen-bond donors (Lipinski definition) is 1. The first-order chi connectivity index (χ1) is 15.5. The SMILES string of the molecule is Cc1ccc(N2C(=O)CSC2c2cccc(NS(=O)(=O)c3ccc(C(C)(C)C)cc3)c2)cc1. The molecule has 3 aromatic carbocycles. The second-order valence-electron chi connectivity index (χ2n) is 9.27. The van der Waals surface area contributed by atoms with Crippen LogP contribution in [0.25, 0.3) is 0 Å². The van der Waals surface area contributed by atoms with Crippen LogP contribution in [-0.4, -0.2) is 20.1 Å². The molecule has 1 aliphatic heterocycles. The van der Waals surface area contributed by atoms with Crippen LogP contribution in [0.2, 0.25) is 0 Å². The topological polar surface area (TPSA) is 66.5 Å². The van der Waals surface area contributed by atoms with Crippen molar-refractivity contribution in [1.29, 1.82) is 0 Å². The molecule has 5 nitrogen and oxygen atoms in total. The normalized spacial score (nSPS) is 16.8. The lowest BCUT2D eigenvalue weighted by molar-refractivity contribution is -0.115. The van der Waals surface area contributed by atoms with Gasteiger partial charge in [0.15, 0.2) is 0 Å². The quantitative estimate of drug-likeness (QED) is 0.496. The molecule has 1 N–H and O–H groups in total. The average molecular weight is 481 g/mol. The molecule has 4 rings (SSSR count). The van der Waals surface area contributed by atoms with E-state index in [0.717, 1.165) is 22.4 Å². The third kappa shape index (κ3) is 5.09. The molecule has 0 spiro atoms. The number of nitrogens with one attached hydrogen (secondary N) is 1. The van der Waals surface area contributed by atoms with Crippen molar-refractivity contribution in [2.24, 2.45) is 0 Å². The molecule has 1 amide bonds. The van der Waals surface area contributed by atoms with E-state index in [2.05, 4.69) is 25.5 Å². The Balaban J connectivity index is 1.58. The monoisotopic (exact) mass is 480 g/mol. The molecule has 1 fully saturated rings. The molecule has 1 heterocycles. The van der Waals surface area contributed by atoms with Gasteiger partial charge in [-0.15, -0.1) is 11.8 Å². The van der Waals surface area contributed by atoms with Gasteiger partial charge in [-0.2, -0.15) is 0 Å². The third-order valence-electron chi connectivity index (χ3n) is 5.63. The highest BCUT2D eigenvalue weighted by molar-refractivity contribution is 8.00. The standard InChI is InChI=1S/C26H28N2O3S2/c1-18-8-12-22(13-9-18)28-24(29)17-32-25(28)19-6-5-7-21(16-19)27-33(30,31)23-14-10-20(11-15-23)26(2,3)4/h5-16,25,27H,17H2,1-4H3. The zero-order valence-corrected chi connectivity index (χ0v) is 20.8. The van der Waals surface area contributed by atoms with Crippen LogP contribution in [0.4, 0.5) is 11.4 Å². The molecule has 172 valence electrons. The van der Waals surface area contributed by atoms with Gasteiger partial charge in [0.2, 0.25) is 5.91 Å². The van der Waals surface area contributed by atoms with Gasteiger partial charge in [-0.3, -0.25) is 14.4 Å². The van der Waals surface area contributed by atoms with Gasteiger partial charge < -0.3 is 0 Å². The summed E-state index contributed by atoms with van der Waals surface area (Å²) >= 11 is 1.54. The maximum absolute atomic E-state index is 13.0. The van der Waals surface area contributed by atoms with Crippen molar-refractivity contribution in [3.8, 4) is 0 Å². The summed E-state index contributed by atoms with van der Waals surface area (Å²) in [4.78, 5) is 14.6. The number of rotatable bonds is 5. The Hall–Kier alpha value is -2.77. The molecule has 0 aromatic heterocycles. The van der Waals surface area contributed by atoms with Gasteiger partial charge in [0.05, 0.1) is 10.6 Å². The lowest BCUT2D eigenvalue weighted by Gasteiger charge is -2.25. The minimum absolute atomic E-state index is 0.0405. The molecule has 0 aliphatic carbocycles. The molecular formula is C26H28N2O3S2. The van der Waals surface area contributed by atoms with Crippen molar-refractivity contribution >= 4 is 39.1 Å². The highest BCUT2D eigenvalue weighted by Gasteiger charge is 2.34. The number of anilines is 2. The van der Waals surface area contributed by atoms with Crippen molar-refractivity contribution in [2.45, 2.75) is 43.4 Å². The summed E-state index contributed by atoms with van der Waals surface area (Å²) < 4.78 is 28.7. The largest absolute Gasteiger partial charge is 0.295 e.